The number of hydrogen-bond donors (Lipinski definition) is 1. The summed E-state index contributed by atoms with van der Waals surface area (Å²) in [5.74, 6) is -0.427. The van der Waals surface area contributed by atoms with E-state index < -0.39 is 16.8 Å². The molecular formula is C11H14O4S. The number of hydrogen-bond acceptors (Lipinski definition) is 3. The maximum Gasteiger partial charge on any atom is 0.316 e. The lowest BCUT2D eigenvalue weighted by Crippen LogP contribution is -2.16. The van der Waals surface area contributed by atoms with Crippen molar-refractivity contribution in [2.24, 2.45) is 0 Å². The fourth-order valence-electron chi connectivity index (χ4n) is 1.10. The molecule has 1 atom stereocenters. The molecule has 0 amide bonds. The average Bonchev–Trinajstić information content (AvgIpc) is 2.20. The highest BCUT2D eigenvalue weighted by molar-refractivity contribution is 7.85. The van der Waals surface area contributed by atoms with Crippen LogP contribution >= 0.6 is 0 Å². The van der Waals surface area contributed by atoms with E-state index in [0.717, 1.165) is 5.56 Å². The van der Waals surface area contributed by atoms with E-state index in [1.54, 1.807) is 0 Å². The molecular weight excluding hydrogens is 228 g/mol. The molecule has 0 aliphatic rings. The van der Waals surface area contributed by atoms with Crippen LogP contribution in [0.25, 0.3) is 0 Å². The molecule has 0 bridgehead atoms. The van der Waals surface area contributed by atoms with E-state index in [-0.39, 0.29) is 18.1 Å². The van der Waals surface area contributed by atoms with Gasteiger partial charge in [-0.05, 0) is 19.1 Å². The van der Waals surface area contributed by atoms with E-state index in [1.807, 2.05) is 31.2 Å². The zero-order valence-electron chi connectivity index (χ0n) is 9.01. The second kappa shape index (κ2) is 6.27. The Morgan fingerprint density at radius 3 is 2.56 bits per heavy atom. The third-order valence-electron chi connectivity index (χ3n) is 1.89. The first kappa shape index (κ1) is 12.7. The summed E-state index contributed by atoms with van der Waals surface area (Å²) in [7, 11) is -1.35. The molecule has 0 saturated heterocycles. The van der Waals surface area contributed by atoms with Crippen molar-refractivity contribution in [2.45, 2.75) is 6.92 Å². The monoisotopic (exact) mass is 242 g/mol. The van der Waals surface area contributed by atoms with Gasteiger partial charge in [0.25, 0.3) is 0 Å². The van der Waals surface area contributed by atoms with Crippen molar-refractivity contribution < 1.29 is 18.8 Å². The zero-order valence-corrected chi connectivity index (χ0v) is 9.83. The molecule has 1 rings (SSSR count). The minimum Gasteiger partial charge on any atom is -0.493 e. The predicted octanol–water partition coefficient (Wildman–Crippen LogP) is 1.21. The fraction of sp³-hybridized carbons (Fsp3) is 0.364. The summed E-state index contributed by atoms with van der Waals surface area (Å²) in [5, 5.41) is 8.40. The number of carboxylic acids is 1. The largest absolute Gasteiger partial charge is 0.493 e. The Hall–Kier alpha value is -1.36. The highest BCUT2D eigenvalue weighted by atomic mass is 32.2. The molecule has 0 aliphatic heterocycles. The van der Waals surface area contributed by atoms with Gasteiger partial charge in [0.2, 0.25) is 0 Å². The highest BCUT2D eigenvalue weighted by Crippen LogP contribution is 2.10. The SMILES string of the molecule is Cc1ccc(OCCS(=O)CC(=O)O)cc1. The van der Waals surface area contributed by atoms with Crippen molar-refractivity contribution in [2.75, 3.05) is 18.1 Å². The third kappa shape index (κ3) is 4.93. The Balaban J connectivity index is 2.28. The number of aryl methyl sites for hydroxylation is 1. The van der Waals surface area contributed by atoms with Gasteiger partial charge in [-0.2, -0.15) is 0 Å². The van der Waals surface area contributed by atoms with E-state index in [0.29, 0.717) is 5.75 Å². The van der Waals surface area contributed by atoms with Crippen molar-refractivity contribution >= 4 is 16.8 Å². The first-order valence-electron chi connectivity index (χ1n) is 4.84. The molecule has 0 aliphatic carbocycles. The molecule has 0 heterocycles. The third-order valence-corrected chi connectivity index (χ3v) is 3.08. The van der Waals surface area contributed by atoms with Crippen LogP contribution in [0.5, 0.6) is 5.75 Å². The van der Waals surface area contributed by atoms with E-state index in [4.69, 9.17) is 9.84 Å². The molecule has 88 valence electrons. The highest BCUT2D eigenvalue weighted by Gasteiger charge is 2.05. The number of carbonyl (C=O) groups is 1. The van der Waals surface area contributed by atoms with Crippen LogP contribution in [0.2, 0.25) is 0 Å². The van der Waals surface area contributed by atoms with Crippen LogP contribution in [0.1, 0.15) is 5.56 Å². The molecule has 0 radical (unpaired) electrons. The summed E-state index contributed by atoms with van der Waals surface area (Å²) in [6.45, 7) is 2.24. The van der Waals surface area contributed by atoms with Gasteiger partial charge in [0.1, 0.15) is 11.5 Å². The lowest BCUT2D eigenvalue weighted by Gasteiger charge is -2.05. The smallest absolute Gasteiger partial charge is 0.316 e. The Morgan fingerprint density at radius 2 is 2.00 bits per heavy atom. The number of rotatable bonds is 6. The second-order valence-electron chi connectivity index (χ2n) is 3.34. The van der Waals surface area contributed by atoms with Crippen LogP contribution in [0.3, 0.4) is 0 Å². The molecule has 0 fully saturated rings. The summed E-state index contributed by atoms with van der Waals surface area (Å²) in [5.41, 5.74) is 1.14. The average molecular weight is 242 g/mol. The van der Waals surface area contributed by atoms with Gasteiger partial charge in [-0.3, -0.25) is 9.00 Å². The van der Waals surface area contributed by atoms with Gasteiger partial charge in [-0.1, -0.05) is 17.7 Å². The van der Waals surface area contributed by atoms with E-state index in [2.05, 4.69) is 0 Å². The first-order chi connectivity index (χ1) is 7.58. The Bertz CT molecular complexity index is 372. The summed E-state index contributed by atoms with van der Waals surface area (Å²) in [6, 6.07) is 7.50. The van der Waals surface area contributed by atoms with E-state index in [1.165, 1.54) is 0 Å². The van der Waals surface area contributed by atoms with Crippen LogP contribution in [0.4, 0.5) is 0 Å². The van der Waals surface area contributed by atoms with Gasteiger partial charge in [0.15, 0.2) is 0 Å². The standard InChI is InChI=1S/C11H14O4S/c1-9-2-4-10(5-3-9)15-6-7-16(14)8-11(12)13/h2-5H,6-8H2,1H3,(H,12,13). The second-order valence-corrected chi connectivity index (χ2v) is 4.92. The Morgan fingerprint density at radius 1 is 1.38 bits per heavy atom. The molecule has 1 aromatic rings. The summed E-state index contributed by atoms with van der Waals surface area (Å²) in [6.07, 6.45) is 0. The molecule has 4 nitrogen and oxygen atoms in total. The zero-order chi connectivity index (χ0) is 12.0. The maximum atomic E-state index is 11.1. The molecule has 1 N–H and O–H groups in total. The molecule has 0 spiro atoms. The molecule has 1 unspecified atom stereocenters. The van der Waals surface area contributed by atoms with Crippen LogP contribution in [0, 0.1) is 6.92 Å². The van der Waals surface area contributed by atoms with Gasteiger partial charge >= 0.3 is 5.97 Å². The number of carboxylic acid groups (broad SMARTS) is 1. The molecule has 0 aromatic heterocycles. The Labute approximate surface area is 96.7 Å². The van der Waals surface area contributed by atoms with Crippen LogP contribution in [-0.2, 0) is 15.6 Å². The Kier molecular flexibility index (Phi) is 4.98. The van der Waals surface area contributed by atoms with Gasteiger partial charge in [0.05, 0.1) is 12.4 Å². The number of aliphatic carboxylic acids is 1. The fourth-order valence-corrected chi connectivity index (χ4v) is 1.79. The van der Waals surface area contributed by atoms with Crippen molar-refractivity contribution in [3.8, 4) is 5.75 Å². The number of ether oxygens (including phenoxy) is 1. The van der Waals surface area contributed by atoms with Gasteiger partial charge in [0, 0.05) is 10.8 Å². The van der Waals surface area contributed by atoms with E-state index >= 15 is 0 Å². The summed E-state index contributed by atoms with van der Waals surface area (Å²) in [4.78, 5) is 10.2. The van der Waals surface area contributed by atoms with Crippen molar-refractivity contribution in [3.05, 3.63) is 29.8 Å². The number of benzene rings is 1. The van der Waals surface area contributed by atoms with Crippen molar-refractivity contribution in [1.29, 1.82) is 0 Å². The minimum absolute atomic E-state index is 0.236. The van der Waals surface area contributed by atoms with Crippen molar-refractivity contribution in [1.82, 2.24) is 0 Å². The van der Waals surface area contributed by atoms with Gasteiger partial charge in [-0.15, -0.1) is 0 Å². The van der Waals surface area contributed by atoms with Gasteiger partial charge < -0.3 is 9.84 Å². The predicted molar refractivity (Wildman–Crippen MR) is 62.2 cm³/mol. The van der Waals surface area contributed by atoms with Gasteiger partial charge in [-0.25, -0.2) is 0 Å². The maximum absolute atomic E-state index is 11.1. The molecule has 0 saturated carbocycles. The van der Waals surface area contributed by atoms with Crippen LogP contribution < -0.4 is 4.74 Å². The topological polar surface area (TPSA) is 63.6 Å². The minimum atomic E-state index is -1.35. The molecule has 5 heteroatoms. The lowest BCUT2D eigenvalue weighted by molar-refractivity contribution is -0.133. The van der Waals surface area contributed by atoms with Crippen molar-refractivity contribution in [3.63, 3.8) is 0 Å². The lowest BCUT2D eigenvalue weighted by atomic mass is 10.2. The van der Waals surface area contributed by atoms with Crippen LogP contribution in [-0.4, -0.2) is 33.4 Å². The van der Waals surface area contributed by atoms with E-state index in [9.17, 15) is 9.00 Å². The first-order valence-corrected chi connectivity index (χ1v) is 6.33. The summed E-state index contributed by atoms with van der Waals surface area (Å²) < 4.78 is 16.5. The normalized spacial score (nSPS) is 12.1. The molecule has 1 aromatic carbocycles. The quantitative estimate of drug-likeness (QED) is 0.814. The molecule has 16 heavy (non-hydrogen) atoms. The van der Waals surface area contributed by atoms with Crippen LogP contribution in [0.15, 0.2) is 24.3 Å². The summed E-state index contributed by atoms with van der Waals surface area (Å²) >= 11 is 0.